The van der Waals surface area contributed by atoms with Gasteiger partial charge in [0.1, 0.15) is 0 Å². The van der Waals surface area contributed by atoms with Crippen LogP contribution in [-0.2, 0) is 0 Å². The molecule has 1 amide bonds. The molecule has 1 aromatic carbocycles. The summed E-state index contributed by atoms with van der Waals surface area (Å²) in [6.45, 7) is 9.00. The van der Waals surface area contributed by atoms with E-state index in [1.165, 1.54) is 19.3 Å². The van der Waals surface area contributed by atoms with Crippen LogP contribution in [0, 0.1) is 18.3 Å². The molecular formula is C19H28N2O. The first kappa shape index (κ1) is 16.7. The van der Waals surface area contributed by atoms with Crippen molar-refractivity contribution in [2.75, 3.05) is 0 Å². The fourth-order valence-corrected chi connectivity index (χ4v) is 3.03. The van der Waals surface area contributed by atoms with Crippen LogP contribution < -0.4 is 5.43 Å². The van der Waals surface area contributed by atoms with Gasteiger partial charge in [0.25, 0.3) is 5.91 Å². The van der Waals surface area contributed by atoms with E-state index in [-0.39, 0.29) is 5.91 Å². The summed E-state index contributed by atoms with van der Waals surface area (Å²) in [5.41, 5.74) is 6.06. The van der Waals surface area contributed by atoms with E-state index < -0.39 is 0 Å². The second kappa shape index (κ2) is 7.08. The molecule has 2 rings (SSSR count). The van der Waals surface area contributed by atoms with Crippen LogP contribution in [0.1, 0.15) is 68.8 Å². The summed E-state index contributed by atoms with van der Waals surface area (Å²) in [4.78, 5) is 12.1. The summed E-state index contributed by atoms with van der Waals surface area (Å²) in [5, 5.41) is 4.34. The minimum absolute atomic E-state index is 0.122. The maximum absolute atomic E-state index is 12.1. The van der Waals surface area contributed by atoms with Crippen molar-refractivity contribution in [3.05, 3.63) is 35.4 Å². The molecule has 0 bridgehead atoms. The largest absolute Gasteiger partial charge is 0.271 e. The summed E-state index contributed by atoms with van der Waals surface area (Å²) in [5.74, 6) is 0.646. The van der Waals surface area contributed by atoms with Crippen LogP contribution in [0.3, 0.4) is 0 Å². The summed E-state index contributed by atoms with van der Waals surface area (Å²) in [6.07, 6.45) is 5.58. The van der Waals surface area contributed by atoms with Gasteiger partial charge in [0, 0.05) is 11.3 Å². The Bertz CT molecular complexity index is 533. The molecule has 1 saturated carbocycles. The highest BCUT2D eigenvalue weighted by Crippen LogP contribution is 2.39. The first-order chi connectivity index (χ1) is 10.4. The molecule has 1 fully saturated rings. The summed E-state index contributed by atoms with van der Waals surface area (Å²) >= 11 is 0. The highest BCUT2D eigenvalue weighted by Gasteiger charge is 2.30. The highest BCUT2D eigenvalue weighted by atomic mass is 16.2. The molecule has 0 saturated heterocycles. The number of carbonyl (C=O) groups is 1. The van der Waals surface area contributed by atoms with Gasteiger partial charge in [-0.1, -0.05) is 44.9 Å². The van der Waals surface area contributed by atoms with Crippen molar-refractivity contribution in [1.82, 2.24) is 5.43 Å². The van der Waals surface area contributed by atoms with Crippen LogP contribution in [0.2, 0.25) is 0 Å². The zero-order valence-electron chi connectivity index (χ0n) is 14.3. The lowest BCUT2D eigenvalue weighted by Crippen LogP contribution is -2.29. The van der Waals surface area contributed by atoms with Crippen molar-refractivity contribution in [1.29, 1.82) is 0 Å². The van der Waals surface area contributed by atoms with Crippen LogP contribution in [0.25, 0.3) is 0 Å². The molecule has 0 atom stereocenters. The summed E-state index contributed by atoms with van der Waals surface area (Å²) < 4.78 is 0. The lowest BCUT2D eigenvalue weighted by Gasteiger charge is -2.36. The Morgan fingerprint density at radius 1 is 1.23 bits per heavy atom. The van der Waals surface area contributed by atoms with E-state index in [0.717, 1.165) is 30.0 Å². The van der Waals surface area contributed by atoms with Crippen molar-refractivity contribution < 1.29 is 4.79 Å². The normalized spacial score (nSPS) is 18.9. The lowest BCUT2D eigenvalue weighted by molar-refractivity contribution is 0.0954. The van der Waals surface area contributed by atoms with Crippen LogP contribution in [0.5, 0.6) is 0 Å². The van der Waals surface area contributed by atoms with Gasteiger partial charge >= 0.3 is 0 Å². The zero-order chi connectivity index (χ0) is 16.2. The fourth-order valence-electron chi connectivity index (χ4n) is 3.03. The van der Waals surface area contributed by atoms with Crippen molar-refractivity contribution in [3.8, 4) is 0 Å². The second-order valence-corrected chi connectivity index (χ2v) is 7.10. The number of rotatable bonds is 4. The van der Waals surface area contributed by atoms with Gasteiger partial charge in [-0.05, 0) is 56.1 Å². The molecule has 0 heterocycles. The molecule has 3 heteroatoms. The Kier molecular flexibility index (Phi) is 5.38. The SMILES string of the molecule is CCC(C)(C)C1CCC(=NNC(=O)c2ccc(C)cc2)CC1. The number of hydrogen-bond acceptors (Lipinski definition) is 2. The maximum Gasteiger partial charge on any atom is 0.271 e. The fraction of sp³-hybridized carbons (Fsp3) is 0.579. The number of carbonyl (C=O) groups excluding carboxylic acids is 1. The average Bonchev–Trinajstić information content (AvgIpc) is 2.53. The van der Waals surface area contributed by atoms with Crippen LogP contribution in [0.15, 0.2) is 29.4 Å². The van der Waals surface area contributed by atoms with Crippen LogP contribution in [0.4, 0.5) is 0 Å². The van der Waals surface area contributed by atoms with Crippen LogP contribution >= 0.6 is 0 Å². The number of nitrogens with zero attached hydrogens (tertiary/aromatic N) is 1. The number of benzene rings is 1. The predicted molar refractivity (Wildman–Crippen MR) is 92.1 cm³/mol. The monoisotopic (exact) mass is 300 g/mol. The van der Waals surface area contributed by atoms with Gasteiger partial charge in [-0.2, -0.15) is 5.10 Å². The molecule has 0 spiro atoms. The van der Waals surface area contributed by atoms with Gasteiger partial charge in [-0.15, -0.1) is 0 Å². The van der Waals surface area contributed by atoms with E-state index in [1.54, 1.807) is 0 Å². The third kappa shape index (κ3) is 4.19. The van der Waals surface area contributed by atoms with Gasteiger partial charge in [0.05, 0.1) is 0 Å². The van der Waals surface area contributed by atoms with Gasteiger partial charge in [0.2, 0.25) is 0 Å². The standard InChI is InChI=1S/C19H28N2O/c1-5-19(3,4)16-10-12-17(13-11-16)20-21-18(22)15-8-6-14(2)7-9-15/h6-9,16H,5,10-13H2,1-4H3,(H,21,22). The molecule has 1 aliphatic rings. The van der Waals surface area contributed by atoms with Gasteiger partial charge in [0.15, 0.2) is 0 Å². The smallest absolute Gasteiger partial charge is 0.267 e. The Labute approximate surface area is 134 Å². The van der Waals surface area contributed by atoms with Gasteiger partial charge in [-0.25, -0.2) is 5.43 Å². The first-order valence-corrected chi connectivity index (χ1v) is 8.35. The number of hydrazone groups is 1. The number of nitrogens with one attached hydrogen (secondary N) is 1. The molecule has 0 unspecified atom stereocenters. The van der Waals surface area contributed by atoms with Crippen LogP contribution in [-0.4, -0.2) is 11.6 Å². The third-order valence-corrected chi connectivity index (χ3v) is 5.21. The van der Waals surface area contributed by atoms with Crippen molar-refractivity contribution in [2.24, 2.45) is 16.4 Å². The Hall–Kier alpha value is -1.64. The van der Waals surface area contributed by atoms with Crippen molar-refractivity contribution in [3.63, 3.8) is 0 Å². The molecule has 0 aliphatic heterocycles. The third-order valence-electron chi connectivity index (χ3n) is 5.21. The molecule has 1 N–H and O–H groups in total. The molecule has 0 aromatic heterocycles. The van der Waals surface area contributed by atoms with E-state index >= 15 is 0 Å². The minimum Gasteiger partial charge on any atom is -0.267 e. The Balaban J connectivity index is 1.88. The number of aryl methyl sites for hydroxylation is 1. The number of amides is 1. The van der Waals surface area contributed by atoms with Gasteiger partial charge < -0.3 is 0 Å². The molecule has 120 valence electrons. The molecule has 1 aliphatic carbocycles. The molecular weight excluding hydrogens is 272 g/mol. The topological polar surface area (TPSA) is 41.5 Å². The van der Waals surface area contributed by atoms with E-state index in [1.807, 2.05) is 31.2 Å². The molecule has 1 aromatic rings. The average molecular weight is 300 g/mol. The van der Waals surface area contributed by atoms with Crippen molar-refractivity contribution >= 4 is 11.6 Å². The Morgan fingerprint density at radius 2 is 1.82 bits per heavy atom. The predicted octanol–water partition coefficient (Wildman–Crippen LogP) is 4.71. The molecule has 3 nitrogen and oxygen atoms in total. The highest BCUT2D eigenvalue weighted by molar-refractivity contribution is 5.95. The van der Waals surface area contributed by atoms with E-state index in [4.69, 9.17) is 0 Å². The number of hydrogen-bond donors (Lipinski definition) is 1. The van der Waals surface area contributed by atoms with Gasteiger partial charge in [-0.3, -0.25) is 4.79 Å². The minimum atomic E-state index is -0.122. The second-order valence-electron chi connectivity index (χ2n) is 7.10. The Morgan fingerprint density at radius 3 is 2.36 bits per heavy atom. The van der Waals surface area contributed by atoms with E-state index in [9.17, 15) is 4.79 Å². The van der Waals surface area contributed by atoms with E-state index in [2.05, 4.69) is 31.3 Å². The van der Waals surface area contributed by atoms with Crippen molar-refractivity contribution in [2.45, 2.75) is 59.8 Å². The maximum atomic E-state index is 12.1. The summed E-state index contributed by atoms with van der Waals surface area (Å²) in [6, 6.07) is 7.57. The first-order valence-electron chi connectivity index (χ1n) is 8.35. The molecule has 22 heavy (non-hydrogen) atoms. The van der Waals surface area contributed by atoms with E-state index in [0.29, 0.717) is 11.0 Å². The lowest BCUT2D eigenvalue weighted by atomic mass is 9.69. The summed E-state index contributed by atoms with van der Waals surface area (Å²) in [7, 11) is 0. The zero-order valence-corrected chi connectivity index (χ0v) is 14.3. The molecule has 0 radical (unpaired) electrons. The quantitative estimate of drug-likeness (QED) is 0.804.